The molecule has 2 aromatic rings. The lowest BCUT2D eigenvalue weighted by Gasteiger charge is -2.14. The van der Waals surface area contributed by atoms with Crippen LogP contribution in [0.3, 0.4) is 0 Å². The first-order chi connectivity index (χ1) is 11.0. The topological polar surface area (TPSA) is 79.0 Å². The summed E-state index contributed by atoms with van der Waals surface area (Å²) < 4.78 is 6.53. The number of fused-ring (bicyclic) bond motifs is 1. The second-order valence-corrected chi connectivity index (χ2v) is 6.67. The Kier molecular flexibility index (Phi) is 4.68. The van der Waals surface area contributed by atoms with E-state index in [0.29, 0.717) is 23.7 Å². The smallest absolute Gasteiger partial charge is 0.276 e. The Morgan fingerprint density at radius 1 is 1.39 bits per heavy atom. The molecule has 1 aliphatic heterocycles. The molecule has 3 rings (SSSR count). The first-order valence-corrected chi connectivity index (χ1v) is 8.37. The number of anilines is 1. The molecule has 0 saturated heterocycles. The quantitative estimate of drug-likeness (QED) is 0.764. The Bertz CT molecular complexity index is 727. The van der Waals surface area contributed by atoms with Crippen molar-refractivity contribution in [3.8, 4) is 5.75 Å². The summed E-state index contributed by atoms with van der Waals surface area (Å²) in [7, 11) is 0. The van der Waals surface area contributed by atoms with Crippen molar-refractivity contribution in [2.45, 2.75) is 32.9 Å². The van der Waals surface area contributed by atoms with Gasteiger partial charge in [-0.15, -0.1) is 0 Å². The normalized spacial score (nSPS) is 13.7. The lowest BCUT2D eigenvalue weighted by Crippen LogP contribution is -2.25. The maximum absolute atomic E-state index is 12.5. The third-order valence-corrected chi connectivity index (χ3v) is 3.98. The molecule has 7 heteroatoms. The molecule has 2 heterocycles. The second-order valence-electron chi connectivity index (χ2n) is 5.75. The summed E-state index contributed by atoms with van der Waals surface area (Å²) in [6.45, 7) is 5.48. The number of amides is 1. The third kappa shape index (κ3) is 3.73. The molecule has 3 N–H and O–H groups in total. The molecule has 1 aromatic heterocycles. The van der Waals surface area contributed by atoms with E-state index in [1.54, 1.807) is 6.07 Å². The van der Waals surface area contributed by atoms with Crippen molar-refractivity contribution in [2.24, 2.45) is 0 Å². The molecule has 0 radical (unpaired) electrons. The number of hydrogen-bond acceptors (Lipinski definition) is 4. The van der Waals surface area contributed by atoms with Gasteiger partial charge in [0.1, 0.15) is 5.75 Å². The summed E-state index contributed by atoms with van der Waals surface area (Å²) in [5.74, 6) is 0.482. The molecule has 0 unspecified atom stereocenters. The van der Waals surface area contributed by atoms with Gasteiger partial charge in [-0.05, 0) is 26.0 Å². The fraction of sp³-hybridized carbons (Fsp3) is 0.375. The molecule has 0 bridgehead atoms. The van der Waals surface area contributed by atoms with Gasteiger partial charge in [-0.3, -0.25) is 9.89 Å². The number of hydrogen-bond donors (Lipinski definition) is 3. The summed E-state index contributed by atoms with van der Waals surface area (Å²) in [6, 6.07) is 5.51. The predicted octanol–water partition coefficient (Wildman–Crippen LogP) is 2.86. The Morgan fingerprint density at radius 3 is 3.00 bits per heavy atom. The van der Waals surface area contributed by atoms with Gasteiger partial charge in [-0.1, -0.05) is 15.9 Å². The zero-order valence-electron chi connectivity index (χ0n) is 13.1. The SMILES string of the molecule is CC(C)Oc1cc(Br)cc(NC(=O)c2n[nH]c3c2CNCC3)c1. The zero-order chi connectivity index (χ0) is 16.4. The van der Waals surface area contributed by atoms with Crippen LogP contribution < -0.4 is 15.4 Å². The second kappa shape index (κ2) is 6.72. The third-order valence-electron chi connectivity index (χ3n) is 3.52. The van der Waals surface area contributed by atoms with Gasteiger partial charge in [0.05, 0.1) is 6.10 Å². The van der Waals surface area contributed by atoms with E-state index in [1.807, 2.05) is 26.0 Å². The van der Waals surface area contributed by atoms with Gasteiger partial charge in [0.25, 0.3) is 5.91 Å². The Balaban J connectivity index is 1.80. The van der Waals surface area contributed by atoms with Gasteiger partial charge in [-0.25, -0.2) is 0 Å². The molecule has 0 saturated carbocycles. The van der Waals surface area contributed by atoms with Crippen LogP contribution in [0, 0.1) is 0 Å². The van der Waals surface area contributed by atoms with Crippen molar-refractivity contribution >= 4 is 27.5 Å². The summed E-state index contributed by atoms with van der Waals surface area (Å²) in [4.78, 5) is 12.5. The van der Waals surface area contributed by atoms with Crippen LogP contribution in [-0.4, -0.2) is 28.8 Å². The van der Waals surface area contributed by atoms with Gasteiger partial charge in [-0.2, -0.15) is 5.10 Å². The fourth-order valence-electron chi connectivity index (χ4n) is 2.58. The standard InChI is InChI=1S/C16H19BrN4O2/c1-9(2)23-12-6-10(17)5-11(7-12)19-16(22)15-13-8-18-4-3-14(13)20-21-15/h5-7,9,18H,3-4,8H2,1-2H3,(H,19,22)(H,20,21). The highest BCUT2D eigenvalue weighted by molar-refractivity contribution is 9.10. The molecule has 0 aliphatic carbocycles. The monoisotopic (exact) mass is 378 g/mol. The minimum absolute atomic E-state index is 0.0669. The van der Waals surface area contributed by atoms with Crippen LogP contribution in [0.2, 0.25) is 0 Å². The number of carbonyl (C=O) groups is 1. The van der Waals surface area contributed by atoms with Crippen LogP contribution in [0.4, 0.5) is 5.69 Å². The lowest BCUT2D eigenvalue weighted by molar-refractivity contribution is 0.102. The highest BCUT2D eigenvalue weighted by atomic mass is 79.9. The number of nitrogens with one attached hydrogen (secondary N) is 3. The maximum Gasteiger partial charge on any atom is 0.276 e. The largest absolute Gasteiger partial charge is 0.491 e. The van der Waals surface area contributed by atoms with E-state index in [9.17, 15) is 4.79 Å². The number of aromatic nitrogens is 2. The van der Waals surface area contributed by atoms with Crippen molar-refractivity contribution in [3.05, 3.63) is 39.6 Å². The van der Waals surface area contributed by atoms with E-state index in [0.717, 1.165) is 28.7 Å². The van der Waals surface area contributed by atoms with Crippen molar-refractivity contribution in [2.75, 3.05) is 11.9 Å². The molecule has 23 heavy (non-hydrogen) atoms. The number of rotatable bonds is 4. The number of carbonyl (C=O) groups excluding carboxylic acids is 1. The molecular formula is C16H19BrN4O2. The molecule has 0 fully saturated rings. The minimum Gasteiger partial charge on any atom is -0.491 e. The van der Waals surface area contributed by atoms with Gasteiger partial charge in [0.15, 0.2) is 5.69 Å². The predicted molar refractivity (Wildman–Crippen MR) is 91.9 cm³/mol. The van der Waals surface area contributed by atoms with Crippen LogP contribution in [0.15, 0.2) is 22.7 Å². The minimum atomic E-state index is -0.222. The lowest BCUT2D eigenvalue weighted by atomic mass is 10.1. The zero-order valence-corrected chi connectivity index (χ0v) is 14.7. The first-order valence-electron chi connectivity index (χ1n) is 7.58. The van der Waals surface area contributed by atoms with Gasteiger partial charge in [0, 0.05) is 47.0 Å². The Labute approximate surface area is 143 Å². The number of aromatic amines is 1. The van der Waals surface area contributed by atoms with Crippen LogP contribution in [0.5, 0.6) is 5.75 Å². The number of nitrogens with zero attached hydrogens (tertiary/aromatic N) is 1. The van der Waals surface area contributed by atoms with E-state index in [4.69, 9.17) is 4.74 Å². The van der Waals surface area contributed by atoms with Crippen molar-refractivity contribution in [1.29, 1.82) is 0 Å². The fourth-order valence-corrected chi connectivity index (χ4v) is 3.05. The van der Waals surface area contributed by atoms with Crippen molar-refractivity contribution in [1.82, 2.24) is 15.5 Å². The number of halogens is 1. The Morgan fingerprint density at radius 2 is 2.22 bits per heavy atom. The molecule has 6 nitrogen and oxygen atoms in total. The first kappa shape index (κ1) is 16.0. The van der Waals surface area contributed by atoms with Crippen LogP contribution in [-0.2, 0) is 13.0 Å². The summed E-state index contributed by atoms with van der Waals surface area (Å²) in [6.07, 6.45) is 0.927. The van der Waals surface area contributed by atoms with E-state index >= 15 is 0 Å². The van der Waals surface area contributed by atoms with Crippen LogP contribution >= 0.6 is 15.9 Å². The van der Waals surface area contributed by atoms with E-state index < -0.39 is 0 Å². The molecule has 122 valence electrons. The summed E-state index contributed by atoms with van der Waals surface area (Å²) in [5.41, 5.74) is 3.09. The molecule has 1 aliphatic rings. The Hall–Kier alpha value is -1.86. The van der Waals surface area contributed by atoms with Crippen molar-refractivity contribution in [3.63, 3.8) is 0 Å². The highest BCUT2D eigenvalue weighted by Gasteiger charge is 2.21. The number of H-pyrrole nitrogens is 1. The van der Waals surface area contributed by atoms with E-state index in [-0.39, 0.29) is 12.0 Å². The summed E-state index contributed by atoms with van der Waals surface area (Å²) in [5, 5.41) is 13.3. The van der Waals surface area contributed by atoms with Gasteiger partial charge >= 0.3 is 0 Å². The molecule has 1 aromatic carbocycles. The van der Waals surface area contributed by atoms with Crippen LogP contribution in [0.25, 0.3) is 0 Å². The number of ether oxygens (including phenoxy) is 1. The average molecular weight is 379 g/mol. The van der Waals surface area contributed by atoms with Crippen LogP contribution in [0.1, 0.15) is 35.6 Å². The number of benzene rings is 1. The highest BCUT2D eigenvalue weighted by Crippen LogP contribution is 2.26. The van der Waals surface area contributed by atoms with E-state index in [2.05, 4.69) is 36.8 Å². The summed E-state index contributed by atoms with van der Waals surface area (Å²) >= 11 is 3.44. The van der Waals surface area contributed by atoms with Crippen molar-refractivity contribution < 1.29 is 9.53 Å². The molecule has 1 amide bonds. The average Bonchev–Trinajstić information content (AvgIpc) is 2.89. The van der Waals surface area contributed by atoms with Gasteiger partial charge in [0.2, 0.25) is 0 Å². The van der Waals surface area contributed by atoms with Gasteiger partial charge < -0.3 is 15.4 Å². The molecule has 0 atom stereocenters. The van der Waals surface area contributed by atoms with E-state index in [1.165, 1.54) is 0 Å². The molecule has 0 spiro atoms. The maximum atomic E-state index is 12.5. The molecular weight excluding hydrogens is 360 g/mol.